The monoisotopic (exact) mass is 930 g/mol. The zero-order chi connectivity index (χ0) is 47.0. The summed E-state index contributed by atoms with van der Waals surface area (Å²) in [7, 11) is 0. The Morgan fingerprint density at radius 2 is 0.579 bits per heavy atom. The van der Waals surface area contributed by atoms with Crippen LogP contribution in [0, 0.1) is 0 Å². The first-order valence-corrected chi connectivity index (χ1v) is 12.8. The molecule has 0 aliphatic heterocycles. The second kappa shape index (κ2) is 14.5. The summed E-state index contributed by atoms with van der Waals surface area (Å²) >= 11 is 0. The highest BCUT2D eigenvalue weighted by Gasteiger charge is 2.96. The minimum Gasteiger partial charge on any atom is -0.349 e. The Balaban J connectivity index is 6.54. The smallest absolute Gasteiger partial charge is 0.349 e. The van der Waals surface area contributed by atoms with Gasteiger partial charge in [0.1, 0.15) is 0 Å². The molecule has 0 spiro atoms. The molecule has 0 bridgehead atoms. The standard InChI is InChI=1S/C21H10F32N2O2/c1-3(55-7(57)11(32,33)15(40,41)19(48,49)21(52,53)17(44,45)13(36,37)9(28,29)5(24)25)2-54-6(56)10(30,31)14(38,39)18(46,47)20(50,51)16(42,43)12(34,35)8(26,27)4(22)23/h3-5H,2H2,1H3,(H,54,56)(H,55,57). The first-order valence-electron chi connectivity index (χ1n) is 12.8. The Bertz CT molecular complexity index is 1470. The van der Waals surface area contributed by atoms with Gasteiger partial charge in [0.2, 0.25) is 0 Å². The van der Waals surface area contributed by atoms with Gasteiger partial charge in [0, 0.05) is 12.6 Å². The lowest BCUT2D eigenvalue weighted by Crippen LogP contribution is -2.75. The Morgan fingerprint density at radius 3 is 0.825 bits per heavy atom. The van der Waals surface area contributed by atoms with Gasteiger partial charge in [-0.3, -0.25) is 9.59 Å². The van der Waals surface area contributed by atoms with Crippen LogP contribution >= 0.6 is 0 Å². The van der Waals surface area contributed by atoms with Crippen molar-refractivity contribution in [2.45, 2.75) is 109 Å². The van der Waals surface area contributed by atoms with Gasteiger partial charge in [-0.1, -0.05) is 0 Å². The zero-order valence-corrected chi connectivity index (χ0v) is 25.4. The van der Waals surface area contributed by atoms with Gasteiger partial charge in [-0.25, -0.2) is 17.6 Å². The van der Waals surface area contributed by atoms with Gasteiger partial charge in [-0.2, -0.15) is 123 Å². The first kappa shape index (κ1) is 53.7. The van der Waals surface area contributed by atoms with Gasteiger partial charge in [0.05, 0.1) is 0 Å². The molecule has 0 radical (unpaired) electrons. The van der Waals surface area contributed by atoms with E-state index in [4.69, 9.17) is 0 Å². The van der Waals surface area contributed by atoms with Crippen LogP contribution in [-0.4, -0.2) is 120 Å². The number of hydrogen-bond acceptors (Lipinski definition) is 2. The molecule has 0 fully saturated rings. The van der Waals surface area contributed by atoms with Crippen molar-refractivity contribution in [2.75, 3.05) is 6.54 Å². The summed E-state index contributed by atoms with van der Waals surface area (Å²) in [5, 5.41) is -0.0761. The van der Waals surface area contributed by atoms with Gasteiger partial charge in [-0.15, -0.1) is 0 Å². The lowest BCUT2D eigenvalue weighted by molar-refractivity contribution is -0.443. The van der Waals surface area contributed by atoms with E-state index in [1.807, 2.05) is 0 Å². The van der Waals surface area contributed by atoms with Crippen LogP contribution in [0.25, 0.3) is 0 Å². The summed E-state index contributed by atoms with van der Waals surface area (Å²) in [4.78, 5) is 22.8. The van der Waals surface area contributed by atoms with Crippen molar-refractivity contribution in [3.63, 3.8) is 0 Å². The molecule has 0 aromatic carbocycles. The molecule has 0 aliphatic rings. The van der Waals surface area contributed by atoms with Crippen molar-refractivity contribution >= 4 is 11.8 Å². The molecule has 1 unspecified atom stereocenters. The molecule has 57 heavy (non-hydrogen) atoms. The lowest BCUT2D eigenvalue weighted by atomic mass is 9.89. The highest BCUT2D eigenvalue weighted by atomic mass is 19.4. The molecule has 0 aliphatic carbocycles. The molecule has 4 nitrogen and oxygen atoms in total. The molecule has 2 amide bonds. The van der Waals surface area contributed by atoms with Crippen molar-refractivity contribution in [3.8, 4) is 0 Å². The third-order valence-corrected chi connectivity index (χ3v) is 6.85. The van der Waals surface area contributed by atoms with Crippen molar-refractivity contribution in [1.29, 1.82) is 0 Å². The number of carbonyl (C=O) groups excluding carboxylic acids is 2. The fourth-order valence-corrected chi connectivity index (χ4v) is 3.28. The number of nitrogens with one attached hydrogen (secondary N) is 2. The molecule has 1 atom stereocenters. The van der Waals surface area contributed by atoms with E-state index in [-0.39, 0.29) is 17.6 Å². The molecule has 0 aromatic rings. The highest BCUT2D eigenvalue weighted by Crippen LogP contribution is 2.64. The third-order valence-electron chi connectivity index (χ3n) is 6.85. The predicted molar refractivity (Wildman–Crippen MR) is 112 cm³/mol. The molecule has 0 saturated carbocycles. The van der Waals surface area contributed by atoms with E-state index in [1.165, 1.54) is 0 Å². The minimum atomic E-state index is -9.05. The van der Waals surface area contributed by atoms with Crippen molar-refractivity contribution in [1.82, 2.24) is 10.6 Å². The fourth-order valence-electron chi connectivity index (χ4n) is 3.28. The van der Waals surface area contributed by atoms with Gasteiger partial charge in [0.25, 0.3) is 11.8 Å². The van der Waals surface area contributed by atoms with Gasteiger partial charge < -0.3 is 10.6 Å². The molecule has 340 valence electrons. The molecule has 0 heterocycles. The highest BCUT2D eigenvalue weighted by molar-refractivity contribution is 5.86. The lowest BCUT2D eigenvalue weighted by Gasteiger charge is -2.42. The zero-order valence-electron chi connectivity index (χ0n) is 25.4. The fraction of sp³-hybridized carbons (Fsp3) is 0.905. The predicted octanol–water partition coefficient (Wildman–Crippen LogP) is 9.03. The number of amides is 2. The quantitative estimate of drug-likeness (QED) is 0.127. The maximum Gasteiger partial charge on any atom is 0.392 e. The number of halogens is 32. The topological polar surface area (TPSA) is 58.2 Å². The van der Waals surface area contributed by atoms with Gasteiger partial charge in [0.15, 0.2) is 0 Å². The van der Waals surface area contributed by atoms with Crippen molar-refractivity contribution in [2.24, 2.45) is 0 Å². The van der Waals surface area contributed by atoms with E-state index >= 15 is 0 Å². The summed E-state index contributed by atoms with van der Waals surface area (Å²) in [5.41, 5.74) is 0. The Morgan fingerprint density at radius 1 is 0.368 bits per heavy atom. The third kappa shape index (κ3) is 7.14. The minimum absolute atomic E-state index is 0.0143. The second-order valence-corrected chi connectivity index (χ2v) is 10.8. The maximum atomic E-state index is 14.0. The summed E-state index contributed by atoms with van der Waals surface area (Å²) in [6, 6.07) is -3.22. The first-order chi connectivity index (χ1) is 24.3. The largest absolute Gasteiger partial charge is 0.392 e. The number of carbonyl (C=O) groups is 2. The second-order valence-electron chi connectivity index (χ2n) is 10.8. The van der Waals surface area contributed by atoms with E-state index < -0.39 is 120 Å². The average Bonchev–Trinajstić information content (AvgIpc) is 3.01. The molecule has 0 saturated heterocycles. The van der Waals surface area contributed by atoms with Crippen LogP contribution in [0.1, 0.15) is 6.92 Å². The summed E-state index contributed by atoms with van der Waals surface area (Å²) in [6.07, 6.45) is -12.4. The van der Waals surface area contributed by atoms with Crippen LogP contribution in [0.3, 0.4) is 0 Å². The van der Waals surface area contributed by atoms with Crippen LogP contribution < -0.4 is 10.6 Å². The van der Waals surface area contributed by atoms with Crippen LogP contribution in [0.2, 0.25) is 0 Å². The van der Waals surface area contributed by atoms with Crippen LogP contribution in [0.4, 0.5) is 140 Å². The molecule has 2 N–H and O–H groups in total. The SMILES string of the molecule is CC(CNC(=O)C(F)(F)C(F)(F)C(F)(F)C(F)(F)C(F)(F)C(F)(F)C(F)(F)C(F)F)NC(=O)C(F)(F)C(F)(F)C(F)(F)C(F)(F)C(F)(F)C(F)(F)C(F)(F)C(F)F. The summed E-state index contributed by atoms with van der Waals surface area (Å²) in [5.74, 6) is -129. The van der Waals surface area contributed by atoms with Crippen molar-refractivity contribution < 1.29 is 150 Å². The maximum absolute atomic E-state index is 14.0. The molecule has 36 heteroatoms. The normalized spacial score (nSPS) is 16.6. The van der Waals surface area contributed by atoms with E-state index in [2.05, 4.69) is 0 Å². The molecule has 0 aromatic heterocycles. The molecular formula is C21H10F32N2O2. The number of rotatable bonds is 19. The number of alkyl halides is 32. The van der Waals surface area contributed by atoms with Crippen LogP contribution in [0.15, 0.2) is 0 Å². The Hall–Kier alpha value is -3.30. The summed E-state index contributed by atoms with van der Waals surface area (Å²) < 4.78 is 428. The van der Waals surface area contributed by atoms with E-state index in [1.54, 1.807) is 0 Å². The Labute approximate surface area is 289 Å². The van der Waals surface area contributed by atoms with E-state index in [0.29, 0.717) is 0 Å². The van der Waals surface area contributed by atoms with E-state index in [9.17, 15) is 150 Å². The van der Waals surface area contributed by atoms with Crippen molar-refractivity contribution in [3.05, 3.63) is 0 Å². The molecule has 0 rings (SSSR count). The molecular weight excluding hydrogens is 920 g/mol. The van der Waals surface area contributed by atoms with Gasteiger partial charge in [-0.05, 0) is 6.92 Å². The van der Waals surface area contributed by atoms with E-state index in [0.717, 1.165) is 0 Å². The average molecular weight is 930 g/mol. The van der Waals surface area contributed by atoms with Gasteiger partial charge >= 0.3 is 95.8 Å². The Kier molecular flexibility index (Phi) is 13.6. The number of hydrogen-bond donors (Lipinski definition) is 2. The van der Waals surface area contributed by atoms with Crippen LogP contribution in [0.5, 0.6) is 0 Å². The summed E-state index contributed by atoms with van der Waals surface area (Å²) in [6.45, 7) is -2.90. The van der Waals surface area contributed by atoms with Crippen LogP contribution in [-0.2, 0) is 9.59 Å².